The zero-order valence-corrected chi connectivity index (χ0v) is 20.6. The number of esters is 1. The van der Waals surface area contributed by atoms with Gasteiger partial charge in [-0.05, 0) is 57.3 Å². The molecule has 0 N–H and O–H groups in total. The maximum absolute atomic E-state index is 13.5. The van der Waals surface area contributed by atoms with Crippen molar-refractivity contribution in [2.24, 2.45) is 0 Å². The van der Waals surface area contributed by atoms with Gasteiger partial charge in [0, 0.05) is 11.1 Å². The van der Waals surface area contributed by atoms with E-state index < -0.39 is 5.92 Å². The van der Waals surface area contributed by atoms with Gasteiger partial charge in [0.2, 0.25) is 0 Å². The molecule has 1 atom stereocenters. The van der Waals surface area contributed by atoms with Crippen LogP contribution in [0.5, 0.6) is 5.75 Å². The van der Waals surface area contributed by atoms with Crippen LogP contribution in [0.1, 0.15) is 18.4 Å². The molecule has 6 rings (SSSR count). The second kappa shape index (κ2) is 9.75. The fraction of sp³-hybridized carbons (Fsp3) is 0.0571. The Hall–Kier alpha value is -4.69. The van der Waals surface area contributed by atoms with Crippen LogP contribution in [-0.4, -0.2) is 5.97 Å². The molecule has 0 spiro atoms. The Labute approximate surface area is 216 Å². The summed E-state index contributed by atoms with van der Waals surface area (Å²) in [4.78, 5) is 13.5. The minimum atomic E-state index is -0.393. The Balaban J connectivity index is 1.50. The number of para-hydroxylation sites is 1. The van der Waals surface area contributed by atoms with Gasteiger partial charge in [0.1, 0.15) is 5.75 Å². The molecule has 0 radical (unpaired) electrons. The number of benzene rings is 6. The van der Waals surface area contributed by atoms with Crippen molar-refractivity contribution in [2.75, 3.05) is 0 Å². The van der Waals surface area contributed by atoms with E-state index in [2.05, 4.69) is 60.7 Å². The van der Waals surface area contributed by atoms with Gasteiger partial charge in [-0.1, -0.05) is 121 Å². The maximum Gasteiger partial charge on any atom is 0.318 e. The molecule has 6 aromatic carbocycles. The van der Waals surface area contributed by atoms with Crippen molar-refractivity contribution in [1.82, 2.24) is 0 Å². The monoisotopic (exact) mass is 478 g/mol. The van der Waals surface area contributed by atoms with Gasteiger partial charge >= 0.3 is 5.97 Å². The van der Waals surface area contributed by atoms with Crippen LogP contribution < -0.4 is 4.74 Å². The average molecular weight is 479 g/mol. The molecule has 0 fully saturated rings. The van der Waals surface area contributed by atoms with Crippen molar-refractivity contribution in [2.45, 2.75) is 12.8 Å². The summed E-state index contributed by atoms with van der Waals surface area (Å²) < 4.78 is 6.29. The number of hydrogen-bond acceptors (Lipinski definition) is 2. The normalized spacial score (nSPS) is 11.9. The summed E-state index contributed by atoms with van der Waals surface area (Å²) in [6.45, 7) is 1.89. The van der Waals surface area contributed by atoms with Gasteiger partial charge < -0.3 is 4.74 Å². The first-order valence-electron chi connectivity index (χ1n) is 12.6. The van der Waals surface area contributed by atoms with E-state index in [0.29, 0.717) is 5.75 Å². The van der Waals surface area contributed by atoms with E-state index in [-0.39, 0.29) is 5.97 Å². The third kappa shape index (κ3) is 4.50. The molecule has 0 bridgehead atoms. The molecule has 178 valence electrons. The first-order chi connectivity index (χ1) is 18.2. The lowest BCUT2D eigenvalue weighted by atomic mass is 9.94. The summed E-state index contributed by atoms with van der Waals surface area (Å²) in [5.74, 6) is -0.0855. The lowest BCUT2D eigenvalue weighted by Gasteiger charge is -2.18. The molecule has 0 amide bonds. The minimum Gasteiger partial charge on any atom is -0.425 e. The Morgan fingerprint density at radius 3 is 1.57 bits per heavy atom. The topological polar surface area (TPSA) is 26.3 Å². The Morgan fingerprint density at radius 1 is 0.541 bits per heavy atom. The second-order valence-corrected chi connectivity index (χ2v) is 9.36. The molecule has 2 heteroatoms. The number of ether oxygens (including phenoxy) is 1. The predicted octanol–water partition coefficient (Wildman–Crippen LogP) is 9.04. The largest absolute Gasteiger partial charge is 0.425 e. The molecule has 0 saturated carbocycles. The van der Waals surface area contributed by atoms with Gasteiger partial charge in [-0.2, -0.15) is 0 Å². The molecule has 6 aromatic rings. The number of carbonyl (C=O) groups excluding carboxylic acids is 1. The van der Waals surface area contributed by atoms with Gasteiger partial charge in [0.05, 0.1) is 5.92 Å². The minimum absolute atomic E-state index is 0.276. The van der Waals surface area contributed by atoms with Gasteiger partial charge in [0.25, 0.3) is 0 Å². The fourth-order valence-corrected chi connectivity index (χ4v) is 4.88. The van der Waals surface area contributed by atoms with E-state index in [4.69, 9.17) is 4.74 Å². The molecular weight excluding hydrogens is 452 g/mol. The lowest BCUT2D eigenvalue weighted by Crippen LogP contribution is -2.17. The third-order valence-electron chi connectivity index (χ3n) is 6.99. The van der Waals surface area contributed by atoms with Crippen molar-refractivity contribution in [3.63, 3.8) is 0 Å². The molecular formula is C35H26O2. The smallest absolute Gasteiger partial charge is 0.318 e. The third-order valence-corrected chi connectivity index (χ3v) is 6.99. The summed E-state index contributed by atoms with van der Waals surface area (Å²) in [7, 11) is 0. The van der Waals surface area contributed by atoms with Crippen LogP contribution in [0.2, 0.25) is 0 Å². The van der Waals surface area contributed by atoms with E-state index in [1.165, 1.54) is 10.8 Å². The number of hydrogen-bond donors (Lipinski definition) is 0. The molecule has 0 heterocycles. The molecule has 0 aliphatic carbocycles. The molecule has 0 aromatic heterocycles. The van der Waals surface area contributed by atoms with Crippen molar-refractivity contribution in [1.29, 1.82) is 0 Å². The first kappa shape index (κ1) is 22.8. The summed E-state index contributed by atoms with van der Waals surface area (Å²) in [5.41, 5.74) is 4.74. The van der Waals surface area contributed by atoms with Crippen LogP contribution >= 0.6 is 0 Å². The highest BCUT2D eigenvalue weighted by Crippen LogP contribution is 2.41. The standard InChI is InChI=1S/C35H26O2/c1-24(25-10-3-2-4-11-25)35(36)37-34-32(30-20-18-26-12-5-7-14-28(26)22-30)16-9-17-33(34)31-21-19-27-13-6-8-15-29(27)23-31/h2-24H,1H3. The fourth-order valence-electron chi connectivity index (χ4n) is 4.88. The van der Waals surface area contributed by atoms with Crippen LogP contribution in [0.4, 0.5) is 0 Å². The quantitative estimate of drug-likeness (QED) is 0.182. The van der Waals surface area contributed by atoms with Crippen molar-refractivity contribution in [3.8, 4) is 28.0 Å². The molecule has 0 saturated heterocycles. The van der Waals surface area contributed by atoms with Crippen LogP contribution in [0.15, 0.2) is 133 Å². The zero-order valence-electron chi connectivity index (χ0n) is 20.6. The predicted molar refractivity (Wildman–Crippen MR) is 153 cm³/mol. The molecule has 1 unspecified atom stereocenters. The zero-order chi connectivity index (χ0) is 25.2. The van der Waals surface area contributed by atoms with Crippen LogP contribution in [0, 0.1) is 0 Å². The van der Waals surface area contributed by atoms with Gasteiger partial charge in [0.15, 0.2) is 0 Å². The lowest BCUT2D eigenvalue weighted by molar-refractivity contribution is -0.135. The van der Waals surface area contributed by atoms with Crippen LogP contribution in [0.25, 0.3) is 43.8 Å². The highest BCUT2D eigenvalue weighted by molar-refractivity contribution is 5.94. The first-order valence-corrected chi connectivity index (χ1v) is 12.6. The van der Waals surface area contributed by atoms with Crippen molar-refractivity contribution < 1.29 is 9.53 Å². The second-order valence-electron chi connectivity index (χ2n) is 9.36. The summed E-state index contributed by atoms with van der Waals surface area (Å²) >= 11 is 0. The number of fused-ring (bicyclic) bond motifs is 2. The van der Waals surface area contributed by atoms with E-state index in [0.717, 1.165) is 38.6 Å². The van der Waals surface area contributed by atoms with E-state index in [1.807, 2.05) is 79.7 Å². The molecule has 0 aliphatic rings. The summed E-state index contributed by atoms with van der Waals surface area (Å²) in [5, 5.41) is 4.64. The molecule has 2 nitrogen and oxygen atoms in total. The van der Waals surface area contributed by atoms with E-state index >= 15 is 0 Å². The van der Waals surface area contributed by atoms with Crippen molar-refractivity contribution in [3.05, 3.63) is 139 Å². The summed E-state index contributed by atoms with van der Waals surface area (Å²) in [6.07, 6.45) is 0. The van der Waals surface area contributed by atoms with Gasteiger partial charge in [-0.25, -0.2) is 0 Å². The number of carbonyl (C=O) groups is 1. The Kier molecular flexibility index (Phi) is 6.00. The Bertz CT molecular complexity index is 1640. The van der Waals surface area contributed by atoms with Gasteiger partial charge in [-0.15, -0.1) is 0 Å². The highest BCUT2D eigenvalue weighted by Gasteiger charge is 2.22. The van der Waals surface area contributed by atoms with Crippen LogP contribution in [0.3, 0.4) is 0 Å². The highest BCUT2D eigenvalue weighted by atomic mass is 16.5. The molecule has 0 aliphatic heterocycles. The average Bonchev–Trinajstić information content (AvgIpc) is 2.96. The van der Waals surface area contributed by atoms with Crippen LogP contribution in [-0.2, 0) is 4.79 Å². The number of rotatable bonds is 5. The summed E-state index contributed by atoms with van der Waals surface area (Å²) in [6, 6.07) is 45.2. The van der Waals surface area contributed by atoms with E-state index in [1.54, 1.807) is 0 Å². The van der Waals surface area contributed by atoms with E-state index in [9.17, 15) is 4.79 Å². The molecule has 37 heavy (non-hydrogen) atoms. The van der Waals surface area contributed by atoms with Gasteiger partial charge in [-0.3, -0.25) is 4.79 Å². The van der Waals surface area contributed by atoms with Crippen molar-refractivity contribution >= 4 is 27.5 Å². The SMILES string of the molecule is CC(C(=O)Oc1c(-c2ccc3ccccc3c2)cccc1-c1ccc2ccccc2c1)c1ccccc1. The maximum atomic E-state index is 13.5. The Morgan fingerprint density at radius 2 is 1.03 bits per heavy atom.